The van der Waals surface area contributed by atoms with Crippen LogP contribution in [0.2, 0.25) is 0 Å². The van der Waals surface area contributed by atoms with Crippen LogP contribution in [-0.4, -0.2) is 17.3 Å². The van der Waals surface area contributed by atoms with E-state index in [1.807, 2.05) is 0 Å². The van der Waals surface area contributed by atoms with Gasteiger partial charge in [-0.25, -0.2) is 0 Å². The van der Waals surface area contributed by atoms with Crippen molar-refractivity contribution < 1.29 is 14.4 Å². The monoisotopic (exact) mass is 198 g/mol. The van der Waals surface area contributed by atoms with Crippen molar-refractivity contribution in [3.05, 3.63) is 0 Å². The van der Waals surface area contributed by atoms with Gasteiger partial charge in [0.1, 0.15) is 17.3 Å². The number of carbonyl (C=O) groups excluding carboxylic acids is 3. The van der Waals surface area contributed by atoms with Crippen LogP contribution in [0, 0.1) is 0 Å². The van der Waals surface area contributed by atoms with E-state index in [0.717, 1.165) is 0 Å². The molecule has 0 heterocycles. The van der Waals surface area contributed by atoms with Gasteiger partial charge in [0, 0.05) is 25.7 Å². The van der Waals surface area contributed by atoms with E-state index in [1.165, 1.54) is 13.8 Å². The van der Waals surface area contributed by atoms with Gasteiger partial charge in [-0.15, -0.1) is 0 Å². The van der Waals surface area contributed by atoms with Crippen LogP contribution >= 0.6 is 0 Å². The molecular formula is C11H18O3. The average Bonchev–Trinajstić information content (AvgIpc) is 2.02. The summed E-state index contributed by atoms with van der Waals surface area (Å²) in [6.45, 7) is 3.06. The Morgan fingerprint density at radius 3 is 1.36 bits per heavy atom. The van der Waals surface area contributed by atoms with Crippen molar-refractivity contribution in [2.24, 2.45) is 0 Å². The van der Waals surface area contributed by atoms with Crippen molar-refractivity contribution in [1.82, 2.24) is 0 Å². The minimum atomic E-state index is 0.126. The normalized spacial score (nSPS) is 9.86. The zero-order valence-corrected chi connectivity index (χ0v) is 8.97. The van der Waals surface area contributed by atoms with E-state index >= 15 is 0 Å². The summed E-state index contributed by atoms with van der Waals surface area (Å²) in [5.41, 5.74) is 0. The molecule has 0 aliphatic rings. The molecule has 0 saturated carbocycles. The molecule has 0 aromatic heterocycles. The van der Waals surface area contributed by atoms with Gasteiger partial charge in [-0.1, -0.05) is 0 Å². The van der Waals surface area contributed by atoms with Crippen molar-refractivity contribution >= 4 is 17.3 Å². The summed E-state index contributed by atoms with van der Waals surface area (Å²) in [4.78, 5) is 32.3. The maximum absolute atomic E-state index is 11.2. The van der Waals surface area contributed by atoms with E-state index in [0.29, 0.717) is 38.5 Å². The fraction of sp³-hybridized carbons (Fsp3) is 0.727. The lowest BCUT2D eigenvalue weighted by atomic mass is 10.1. The van der Waals surface area contributed by atoms with E-state index in [4.69, 9.17) is 0 Å². The molecule has 0 aliphatic heterocycles. The van der Waals surface area contributed by atoms with E-state index in [1.54, 1.807) is 0 Å². The lowest BCUT2D eigenvalue weighted by Gasteiger charge is -1.98. The number of hydrogen-bond donors (Lipinski definition) is 0. The Bertz CT molecular complexity index is 197. The van der Waals surface area contributed by atoms with Gasteiger partial charge in [0.05, 0.1) is 0 Å². The number of rotatable bonds is 8. The molecule has 0 saturated heterocycles. The second kappa shape index (κ2) is 7.42. The number of carbonyl (C=O) groups is 3. The van der Waals surface area contributed by atoms with Gasteiger partial charge in [-0.2, -0.15) is 0 Å². The highest BCUT2D eigenvalue weighted by atomic mass is 16.1. The zero-order valence-electron chi connectivity index (χ0n) is 8.97. The summed E-state index contributed by atoms with van der Waals surface area (Å²) in [7, 11) is 0. The van der Waals surface area contributed by atoms with Crippen LogP contribution in [0.4, 0.5) is 0 Å². The topological polar surface area (TPSA) is 51.2 Å². The van der Waals surface area contributed by atoms with Crippen LogP contribution in [0.25, 0.3) is 0 Å². The fourth-order valence-electron chi connectivity index (χ4n) is 1.19. The highest BCUT2D eigenvalue weighted by Gasteiger charge is 2.03. The molecule has 0 aromatic rings. The molecule has 0 aromatic carbocycles. The molecule has 0 bridgehead atoms. The van der Waals surface area contributed by atoms with Gasteiger partial charge < -0.3 is 9.59 Å². The molecule has 0 rings (SSSR count). The van der Waals surface area contributed by atoms with Crippen LogP contribution in [0.15, 0.2) is 0 Å². The summed E-state index contributed by atoms with van der Waals surface area (Å²) in [6.07, 6.45) is 3.20. The molecule has 0 atom stereocenters. The van der Waals surface area contributed by atoms with E-state index < -0.39 is 0 Å². The highest BCUT2D eigenvalue weighted by molar-refractivity contribution is 5.81. The summed E-state index contributed by atoms with van der Waals surface area (Å²) >= 11 is 0. The van der Waals surface area contributed by atoms with Gasteiger partial charge in [0.15, 0.2) is 0 Å². The van der Waals surface area contributed by atoms with Gasteiger partial charge in [0.2, 0.25) is 0 Å². The minimum absolute atomic E-state index is 0.126. The Balaban J connectivity index is 3.37. The summed E-state index contributed by atoms with van der Waals surface area (Å²) in [5.74, 6) is 0.413. The summed E-state index contributed by atoms with van der Waals surface area (Å²) < 4.78 is 0. The smallest absolute Gasteiger partial charge is 0.132 e. The molecular weight excluding hydrogens is 180 g/mol. The first-order valence-corrected chi connectivity index (χ1v) is 5.03. The van der Waals surface area contributed by atoms with Crippen molar-refractivity contribution in [1.29, 1.82) is 0 Å². The SMILES string of the molecule is CC(=O)CCCC(=O)CCCC(C)=O. The third-order valence-corrected chi connectivity index (χ3v) is 1.97. The van der Waals surface area contributed by atoms with E-state index in [9.17, 15) is 14.4 Å². The second-order valence-electron chi connectivity index (χ2n) is 3.65. The summed E-state index contributed by atoms with van der Waals surface area (Å²) in [5, 5.41) is 0. The highest BCUT2D eigenvalue weighted by Crippen LogP contribution is 2.04. The fourth-order valence-corrected chi connectivity index (χ4v) is 1.19. The van der Waals surface area contributed by atoms with Gasteiger partial charge in [-0.3, -0.25) is 4.79 Å². The Morgan fingerprint density at radius 1 is 0.714 bits per heavy atom. The minimum Gasteiger partial charge on any atom is -0.300 e. The van der Waals surface area contributed by atoms with E-state index in [2.05, 4.69) is 0 Å². The predicted octanol–water partition coefficient (Wildman–Crippen LogP) is 2.07. The second-order valence-corrected chi connectivity index (χ2v) is 3.65. The van der Waals surface area contributed by atoms with Crippen LogP contribution < -0.4 is 0 Å². The van der Waals surface area contributed by atoms with Crippen molar-refractivity contribution in [3.8, 4) is 0 Å². The maximum Gasteiger partial charge on any atom is 0.132 e. The molecule has 3 nitrogen and oxygen atoms in total. The number of Topliss-reactive ketones (excluding diaryl/α,β-unsaturated/α-hetero) is 3. The largest absolute Gasteiger partial charge is 0.300 e. The van der Waals surface area contributed by atoms with E-state index in [-0.39, 0.29) is 17.3 Å². The van der Waals surface area contributed by atoms with Crippen LogP contribution in [0.5, 0.6) is 0 Å². The Hall–Kier alpha value is -0.990. The molecule has 0 unspecified atom stereocenters. The lowest BCUT2D eigenvalue weighted by Crippen LogP contribution is -2.01. The number of ketones is 3. The Labute approximate surface area is 84.9 Å². The lowest BCUT2D eigenvalue weighted by molar-refractivity contribution is -0.119. The third kappa shape index (κ3) is 9.10. The first-order chi connectivity index (χ1) is 6.52. The molecule has 0 radical (unpaired) electrons. The Kier molecular flexibility index (Phi) is 6.89. The molecule has 3 heteroatoms. The standard InChI is InChI=1S/C11H18O3/c1-9(12)5-3-7-11(14)8-4-6-10(2)13/h3-8H2,1-2H3. The van der Waals surface area contributed by atoms with Crippen LogP contribution in [0.1, 0.15) is 52.4 Å². The van der Waals surface area contributed by atoms with Gasteiger partial charge in [-0.05, 0) is 26.7 Å². The van der Waals surface area contributed by atoms with Gasteiger partial charge >= 0.3 is 0 Å². The maximum atomic E-state index is 11.2. The molecule has 0 N–H and O–H groups in total. The van der Waals surface area contributed by atoms with Gasteiger partial charge in [0.25, 0.3) is 0 Å². The average molecular weight is 198 g/mol. The summed E-state index contributed by atoms with van der Waals surface area (Å²) in [6, 6.07) is 0. The van der Waals surface area contributed by atoms with Crippen molar-refractivity contribution in [2.45, 2.75) is 52.4 Å². The quantitative estimate of drug-likeness (QED) is 0.600. The molecule has 14 heavy (non-hydrogen) atoms. The molecule has 0 spiro atoms. The van der Waals surface area contributed by atoms with Crippen molar-refractivity contribution in [3.63, 3.8) is 0 Å². The first kappa shape index (κ1) is 13.0. The Morgan fingerprint density at radius 2 is 1.07 bits per heavy atom. The third-order valence-electron chi connectivity index (χ3n) is 1.97. The number of hydrogen-bond acceptors (Lipinski definition) is 3. The molecule has 0 fully saturated rings. The van der Waals surface area contributed by atoms with Crippen LogP contribution in [-0.2, 0) is 14.4 Å². The predicted molar refractivity (Wildman–Crippen MR) is 54.1 cm³/mol. The first-order valence-electron chi connectivity index (χ1n) is 5.03. The molecule has 0 aliphatic carbocycles. The molecule has 0 amide bonds. The van der Waals surface area contributed by atoms with Crippen molar-refractivity contribution in [2.75, 3.05) is 0 Å². The van der Waals surface area contributed by atoms with Crippen LogP contribution in [0.3, 0.4) is 0 Å². The molecule has 80 valence electrons. The zero-order chi connectivity index (χ0) is 11.0.